The maximum Gasteiger partial charge on any atom is 0.264 e. The summed E-state index contributed by atoms with van der Waals surface area (Å²) in [6, 6.07) is 25.7. The van der Waals surface area contributed by atoms with Crippen LogP contribution >= 0.6 is 23.2 Å². The second-order valence-electron chi connectivity index (χ2n) is 10.6. The van der Waals surface area contributed by atoms with Crippen molar-refractivity contribution in [3.05, 3.63) is 118 Å². The molecule has 0 aromatic heterocycles. The summed E-state index contributed by atoms with van der Waals surface area (Å²) in [5, 5.41) is 3.54. The van der Waals surface area contributed by atoms with Gasteiger partial charge in [0, 0.05) is 25.6 Å². The molecular weight excluding hydrogens is 661 g/mol. The Balaban J connectivity index is 1.84. The molecule has 2 amide bonds. The largest absolute Gasteiger partial charge is 0.493 e. The molecule has 0 aliphatic heterocycles. The first-order valence-electron chi connectivity index (χ1n) is 14.9. The van der Waals surface area contributed by atoms with Gasteiger partial charge in [0.15, 0.2) is 11.5 Å². The van der Waals surface area contributed by atoms with Crippen LogP contribution in [0.5, 0.6) is 11.5 Å². The number of anilines is 1. The molecule has 0 heterocycles. The number of nitrogens with zero attached hydrogens (tertiary/aromatic N) is 2. The van der Waals surface area contributed by atoms with Gasteiger partial charge in [0.05, 0.1) is 34.8 Å². The number of hydrogen-bond acceptors (Lipinski definition) is 6. The van der Waals surface area contributed by atoms with Crippen LogP contribution in [0.4, 0.5) is 5.69 Å². The lowest BCUT2D eigenvalue weighted by Crippen LogP contribution is -2.53. The van der Waals surface area contributed by atoms with Crippen molar-refractivity contribution in [2.24, 2.45) is 0 Å². The molecule has 1 unspecified atom stereocenters. The smallest absolute Gasteiger partial charge is 0.264 e. The van der Waals surface area contributed by atoms with Gasteiger partial charge in [-0.25, -0.2) is 8.42 Å². The van der Waals surface area contributed by atoms with E-state index in [0.29, 0.717) is 29.3 Å². The Bertz CT molecular complexity index is 1780. The van der Waals surface area contributed by atoms with Crippen molar-refractivity contribution in [1.29, 1.82) is 0 Å². The molecular formula is C35H37Cl2N3O6S. The summed E-state index contributed by atoms with van der Waals surface area (Å²) in [6.45, 7) is 1.66. The number of rotatable bonds is 15. The van der Waals surface area contributed by atoms with Crippen molar-refractivity contribution in [2.45, 2.75) is 37.2 Å². The first kappa shape index (κ1) is 35.6. The summed E-state index contributed by atoms with van der Waals surface area (Å²) < 4.78 is 40.2. The highest BCUT2D eigenvalue weighted by molar-refractivity contribution is 7.92. The highest BCUT2D eigenvalue weighted by atomic mass is 35.5. The lowest BCUT2D eigenvalue weighted by Gasteiger charge is -2.34. The van der Waals surface area contributed by atoms with Crippen LogP contribution < -0.4 is 19.1 Å². The van der Waals surface area contributed by atoms with E-state index in [1.807, 2.05) is 37.3 Å². The number of nitrogens with one attached hydrogen (secondary N) is 1. The van der Waals surface area contributed by atoms with Gasteiger partial charge < -0.3 is 19.7 Å². The first-order chi connectivity index (χ1) is 22.6. The Morgan fingerprint density at radius 2 is 1.47 bits per heavy atom. The topological polar surface area (TPSA) is 105 Å². The van der Waals surface area contributed by atoms with Crippen molar-refractivity contribution in [3.8, 4) is 11.5 Å². The van der Waals surface area contributed by atoms with Crippen LogP contribution in [0.25, 0.3) is 0 Å². The number of hydrogen-bond donors (Lipinski definition) is 1. The third-order valence-corrected chi connectivity index (χ3v) is 9.95. The fourth-order valence-electron chi connectivity index (χ4n) is 4.98. The van der Waals surface area contributed by atoms with Crippen LogP contribution in [0.3, 0.4) is 0 Å². The molecule has 4 rings (SSSR count). The minimum Gasteiger partial charge on any atom is -0.493 e. The number of carbonyl (C=O) groups is 2. The molecule has 0 radical (unpaired) electrons. The van der Waals surface area contributed by atoms with Gasteiger partial charge in [-0.15, -0.1) is 0 Å². The van der Waals surface area contributed by atoms with E-state index >= 15 is 0 Å². The Morgan fingerprint density at radius 3 is 2.09 bits per heavy atom. The molecule has 4 aromatic carbocycles. The molecule has 47 heavy (non-hydrogen) atoms. The highest BCUT2D eigenvalue weighted by Gasteiger charge is 2.35. The van der Waals surface area contributed by atoms with Gasteiger partial charge in [-0.3, -0.25) is 13.9 Å². The maximum atomic E-state index is 14.6. The standard InChI is InChI=1S/C35H37Cl2N3O6S/c1-4-19-38-35(42)31(21-25-11-7-5-8-12-25)39(23-26-15-17-29(36)30(37)20-26)34(41)24-40(47(43,44)28-13-9-6-10-14-28)27-16-18-32(45-2)33(22-27)46-3/h5-18,20,22,31H,4,19,21,23-24H2,1-3H3,(H,38,42). The predicted molar refractivity (Wildman–Crippen MR) is 185 cm³/mol. The molecule has 0 fully saturated rings. The van der Waals surface area contributed by atoms with Crippen LogP contribution in [0.1, 0.15) is 24.5 Å². The lowest BCUT2D eigenvalue weighted by molar-refractivity contribution is -0.140. The molecule has 1 N–H and O–H groups in total. The molecule has 0 bridgehead atoms. The normalized spacial score (nSPS) is 11.8. The zero-order chi connectivity index (χ0) is 34.0. The zero-order valence-electron chi connectivity index (χ0n) is 26.4. The number of methoxy groups -OCH3 is 2. The van der Waals surface area contributed by atoms with Crippen LogP contribution in [0.15, 0.2) is 102 Å². The van der Waals surface area contributed by atoms with E-state index in [9.17, 15) is 18.0 Å². The van der Waals surface area contributed by atoms with E-state index in [1.165, 1.54) is 43.4 Å². The van der Waals surface area contributed by atoms with Gasteiger partial charge in [-0.1, -0.05) is 84.7 Å². The van der Waals surface area contributed by atoms with Crippen molar-refractivity contribution in [1.82, 2.24) is 10.2 Å². The third-order valence-electron chi connectivity index (χ3n) is 7.42. The summed E-state index contributed by atoms with van der Waals surface area (Å²) in [7, 11) is -1.38. The summed E-state index contributed by atoms with van der Waals surface area (Å²) in [4.78, 5) is 29.7. The van der Waals surface area contributed by atoms with Crippen LogP contribution in [0.2, 0.25) is 10.0 Å². The average Bonchev–Trinajstić information content (AvgIpc) is 3.09. The quantitative estimate of drug-likeness (QED) is 0.155. The Morgan fingerprint density at radius 1 is 0.809 bits per heavy atom. The van der Waals surface area contributed by atoms with E-state index in [4.69, 9.17) is 32.7 Å². The molecule has 0 saturated heterocycles. The Hall–Kier alpha value is -4.25. The van der Waals surface area contributed by atoms with Crippen molar-refractivity contribution >= 4 is 50.7 Å². The predicted octanol–water partition coefficient (Wildman–Crippen LogP) is 6.37. The molecule has 248 valence electrons. The molecule has 9 nitrogen and oxygen atoms in total. The van der Waals surface area contributed by atoms with Crippen molar-refractivity contribution in [3.63, 3.8) is 0 Å². The van der Waals surface area contributed by atoms with Gasteiger partial charge in [-0.2, -0.15) is 0 Å². The average molecular weight is 699 g/mol. The van der Waals surface area contributed by atoms with Crippen LogP contribution in [-0.2, 0) is 32.6 Å². The summed E-state index contributed by atoms with van der Waals surface area (Å²) in [5.74, 6) is -0.318. The fourth-order valence-corrected chi connectivity index (χ4v) is 6.73. The molecule has 0 spiro atoms. The summed E-state index contributed by atoms with van der Waals surface area (Å²) in [5.41, 5.74) is 1.60. The Kier molecular flexibility index (Phi) is 12.5. The SMILES string of the molecule is CCCNC(=O)C(Cc1ccccc1)N(Cc1ccc(Cl)c(Cl)c1)C(=O)CN(c1ccc(OC)c(OC)c1)S(=O)(=O)c1ccccc1. The monoisotopic (exact) mass is 697 g/mol. The van der Waals surface area contributed by atoms with Crippen LogP contribution in [0, 0.1) is 0 Å². The second kappa shape index (κ2) is 16.5. The lowest BCUT2D eigenvalue weighted by atomic mass is 10.0. The summed E-state index contributed by atoms with van der Waals surface area (Å²) >= 11 is 12.5. The van der Waals surface area contributed by atoms with E-state index in [1.54, 1.807) is 42.5 Å². The molecule has 0 saturated carbocycles. The van der Waals surface area contributed by atoms with E-state index in [0.717, 1.165) is 9.87 Å². The minimum atomic E-state index is -4.28. The van der Waals surface area contributed by atoms with E-state index in [-0.39, 0.29) is 40.2 Å². The number of ether oxygens (including phenoxy) is 2. The van der Waals surface area contributed by atoms with E-state index in [2.05, 4.69) is 5.32 Å². The number of benzene rings is 4. The molecule has 0 aliphatic rings. The zero-order valence-corrected chi connectivity index (χ0v) is 28.7. The van der Waals surface area contributed by atoms with Gasteiger partial charge in [0.2, 0.25) is 11.8 Å². The Labute approximate surface area is 286 Å². The van der Waals surface area contributed by atoms with Gasteiger partial charge in [0.25, 0.3) is 10.0 Å². The number of halogens is 2. The van der Waals surface area contributed by atoms with Gasteiger partial charge in [-0.05, 0) is 53.9 Å². The fraction of sp³-hybridized carbons (Fsp3) is 0.257. The number of amides is 2. The number of carbonyl (C=O) groups excluding carboxylic acids is 2. The van der Waals surface area contributed by atoms with Gasteiger partial charge in [0.1, 0.15) is 12.6 Å². The molecule has 12 heteroatoms. The summed E-state index contributed by atoms with van der Waals surface area (Å²) in [6.07, 6.45) is 0.873. The maximum absolute atomic E-state index is 14.6. The second-order valence-corrected chi connectivity index (χ2v) is 13.3. The highest BCUT2D eigenvalue weighted by Crippen LogP contribution is 2.34. The molecule has 1 atom stereocenters. The first-order valence-corrected chi connectivity index (χ1v) is 17.1. The van der Waals surface area contributed by atoms with Crippen molar-refractivity contribution < 1.29 is 27.5 Å². The van der Waals surface area contributed by atoms with Crippen molar-refractivity contribution in [2.75, 3.05) is 31.6 Å². The number of sulfonamides is 1. The third kappa shape index (κ3) is 8.97. The van der Waals surface area contributed by atoms with E-state index < -0.39 is 28.5 Å². The molecule has 0 aliphatic carbocycles. The van der Waals surface area contributed by atoms with Gasteiger partial charge >= 0.3 is 0 Å². The molecule has 4 aromatic rings. The minimum absolute atomic E-state index is 0.0138. The van der Waals surface area contributed by atoms with Crippen LogP contribution in [-0.4, -0.2) is 58.5 Å².